The van der Waals surface area contributed by atoms with Crippen LogP contribution in [0.1, 0.15) is 37.5 Å². The van der Waals surface area contributed by atoms with Gasteiger partial charge in [0, 0.05) is 29.0 Å². The summed E-state index contributed by atoms with van der Waals surface area (Å²) in [5.41, 5.74) is 4.40. The number of nitrogens with zero attached hydrogens (tertiary/aromatic N) is 1. The molecule has 0 aliphatic carbocycles. The normalized spacial score (nSPS) is 10.4. The number of nitrogens with one attached hydrogen (secondary N) is 2. The second-order valence-electron chi connectivity index (χ2n) is 6.49. The molecule has 2 N–H and O–H groups in total. The molecule has 142 valence electrons. The summed E-state index contributed by atoms with van der Waals surface area (Å²) in [5.74, 6) is -0.645. The van der Waals surface area contributed by atoms with Gasteiger partial charge in [-0.3, -0.25) is 14.6 Å². The largest absolute Gasteiger partial charge is 0.348 e. The number of halogens is 1. The Morgan fingerprint density at radius 3 is 2.39 bits per heavy atom. The lowest BCUT2D eigenvalue weighted by molar-refractivity contribution is 0.0951. The molecule has 2 aromatic carbocycles. The average Bonchev–Trinajstić information content (AvgIpc) is 2.70. The highest BCUT2D eigenvalue weighted by molar-refractivity contribution is 6.30. The van der Waals surface area contributed by atoms with E-state index in [0.29, 0.717) is 22.8 Å². The minimum absolute atomic E-state index is 0.178. The molecule has 3 rings (SSSR count). The van der Waals surface area contributed by atoms with Gasteiger partial charge in [0.2, 0.25) is 0 Å². The highest BCUT2D eigenvalue weighted by atomic mass is 35.5. The summed E-state index contributed by atoms with van der Waals surface area (Å²) >= 11 is 5.86. The maximum Gasteiger partial charge on any atom is 0.274 e. The van der Waals surface area contributed by atoms with Gasteiger partial charge in [0.05, 0.1) is 0 Å². The quantitative estimate of drug-likeness (QED) is 0.668. The molecule has 0 saturated carbocycles. The van der Waals surface area contributed by atoms with Crippen LogP contribution in [0.4, 0.5) is 5.69 Å². The Kier molecular flexibility index (Phi) is 6.06. The fourth-order valence-corrected chi connectivity index (χ4v) is 2.72. The van der Waals surface area contributed by atoms with E-state index in [2.05, 4.69) is 15.6 Å². The summed E-state index contributed by atoms with van der Waals surface area (Å²) in [6.07, 6.45) is 1.45. The van der Waals surface area contributed by atoms with E-state index in [-0.39, 0.29) is 17.5 Å². The molecule has 2 amide bonds. The van der Waals surface area contributed by atoms with Gasteiger partial charge >= 0.3 is 0 Å². The number of rotatable bonds is 5. The molecule has 1 aromatic heterocycles. The first-order valence-corrected chi connectivity index (χ1v) is 9.17. The number of amides is 2. The Balaban J connectivity index is 1.66. The molecular formula is C22H20ClN3O2. The molecular weight excluding hydrogens is 374 g/mol. The molecule has 0 saturated heterocycles. The summed E-state index contributed by atoms with van der Waals surface area (Å²) in [4.78, 5) is 29.0. The van der Waals surface area contributed by atoms with Crippen molar-refractivity contribution in [1.82, 2.24) is 10.3 Å². The van der Waals surface area contributed by atoms with Gasteiger partial charge in [-0.25, -0.2) is 0 Å². The zero-order chi connectivity index (χ0) is 20.1. The molecule has 0 bridgehead atoms. The Labute approximate surface area is 168 Å². The monoisotopic (exact) mass is 393 g/mol. The Hall–Kier alpha value is -3.18. The van der Waals surface area contributed by atoms with Crippen LogP contribution < -0.4 is 10.6 Å². The highest BCUT2D eigenvalue weighted by Crippen LogP contribution is 2.15. The Morgan fingerprint density at radius 2 is 1.68 bits per heavy atom. The summed E-state index contributed by atoms with van der Waals surface area (Å²) in [7, 11) is 0. The SMILES string of the molecule is Cc1ccc(NC(=O)c2cc(C(=O)NCc3ccc(Cl)cc3)ccn2)cc1C. The van der Waals surface area contributed by atoms with E-state index in [1.54, 1.807) is 18.2 Å². The van der Waals surface area contributed by atoms with Crippen molar-refractivity contribution in [1.29, 1.82) is 0 Å². The Bertz CT molecular complexity index is 1020. The van der Waals surface area contributed by atoms with Gasteiger partial charge in [0.25, 0.3) is 11.8 Å². The second kappa shape index (κ2) is 8.67. The number of anilines is 1. The molecule has 28 heavy (non-hydrogen) atoms. The number of aromatic nitrogens is 1. The van der Waals surface area contributed by atoms with Gasteiger partial charge in [-0.15, -0.1) is 0 Å². The topological polar surface area (TPSA) is 71.1 Å². The molecule has 0 aliphatic heterocycles. The fraction of sp³-hybridized carbons (Fsp3) is 0.136. The van der Waals surface area contributed by atoms with Crippen LogP contribution in [0.5, 0.6) is 0 Å². The summed E-state index contributed by atoms with van der Waals surface area (Å²) < 4.78 is 0. The number of aryl methyl sites for hydroxylation is 2. The number of hydrogen-bond acceptors (Lipinski definition) is 3. The minimum atomic E-state index is -0.365. The summed E-state index contributed by atoms with van der Waals surface area (Å²) in [5, 5.41) is 6.27. The van der Waals surface area contributed by atoms with E-state index < -0.39 is 0 Å². The molecule has 6 heteroatoms. The third-order valence-corrected chi connectivity index (χ3v) is 4.64. The van der Waals surface area contributed by atoms with Crippen molar-refractivity contribution in [3.05, 3.63) is 93.8 Å². The van der Waals surface area contributed by atoms with Gasteiger partial charge in [0.1, 0.15) is 5.69 Å². The van der Waals surface area contributed by atoms with Gasteiger partial charge < -0.3 is 10.6 Å². The van der Waals surface area contributed by atoms with Crippen LogP contribution in [-0.2, 0) is 6.54 Å². The van der Waals surface area contributed by atoms with E-state index in [1.807, 2.05) is 44.2 Å². The summed E-state index contributed by atoms with van der Waals surface area (Å²) in [6, 6.07) is 16.0. The van der Waals surface area contributed by atoms with Crippen molar-refractivity contribution in [2.45, 2.75) is 20.4 Å². The number of benzene rings is 2. The summed E-state index contributed by atoms with van der Waals surface area (Å²) in [6.45, 7) is 4.35. The molecule has 0 atom stereocenters. The van der Waals surface area contributed by atoms with Crippen molar-refractivity contribution >= 4 is 29.1 Å². The van der Waals surface area contributed by atoms with Crippen molar-refractivity contribution in [2.24, 2.45) is 0 Å². The van der Waals surface area contributed by atoms with Gasteiger partial charge in [0.15, 0.2) is 0 Å². The zero-order valence-electron chi connectivity index (χ0n) is 15.6. The van der Waals surface area contributed by atoms with Crippen LogP contribution >= 0.6 is 11.6 Å². The molecule has 0 fully saturated rings. The lowest BCUT2D eigenvalue weighted by Crippen LogP contribution is -2.23. The van der Waals surface area contributed by atoms with Crippen LogP contribution in [0.15, 0.2) is 60.8 Å². The van der Waals surface area contributed by atoms with E-state index in [4.69, 9.17) is 11.6 Å². The molecule has 0 aliphatic rings. The first kappa shape index (κ1) is 19.6. The Morgan fingerprint density at radius 1 is 0.929 bits per heavy atom. The molecule has 0 spiro atoms. The maximum absolute atomic E-state index is 12.5. The second-order valence-corrected chi connectivity index (χ2v) is 6.93. The fourth-order valence-electron chi connectivity index (χ4n) is 2.60. The van der Waals surface area contributed by atoms with Gasteiger partial charge in [-0.2, -0.15) is 0 Å². The number of carbonyl (C=O) groups excluding carboxylic acids is 2. The number of pyridine rings is 1. The lowest BCUT2D eigenvalue weighted by Gasteiger charge is -2.09. The standard InChI is InChI=1S/C22H20ClN3O2/c1-14-3-8-19(11-15(14)2)26-22(28)20-12-17(9-10-24-20)21(27)25-13-16-4-6-18(23)7-5-16/h3-12H,13H2,1-2H3,(H,25,27)(H,26,28). The van der Waals surface area contributed by atoms with Crippen LogP contribution in [0.25, 0.3) is 0 Å². The van der Waals surface area contributed by atoms with E-state index in [1.165, 1.54) is 12.3 Å². The van der Waals surface area contributed by atoms with Crippen LogP contribution in [0.3, 0.4) is 0 Å². The lowest BCUT2D eigenvalue weighted by atomic mass is 10.1. The van der Waals surface area contributed by atoms with Crippen molar-refractivity contribution in [3.8, 4) is 0 Å². The van der Waals surface area contributed by atoms with E-state index in [0.717, 1.165) is 16.7 Å². The van der Waals surface area contributed by atoms with Crippen LogP contribution in [-0.4, -0.2) is 16.8 Å². The molecule has 1 heterocycles. The minimum Gasteiger partial charge on any atom is -0.348 e. The number of carbonyl (C=O) groups is 2. The first-order valence-electron chi connectivity index (χ1n) is 8.79. The predicted octanol–water partition coefficient (Wildman–Crippen LogP) is 4.53. The van der Waals surface area contributed by atoms with Gasteiger partial charge in [-0.05, 0) is 66.9 Å². The van der Waals surface area contributed by atoms with Gasteiger partial charge in [-0.1, -0.05) is 29.8 Å². The molecule has 0 unspecified atom stereocenters. The van der Waals surface area contributed by atoms with Crippen molar-refractivity contribution < 1.29 is 9.59 Å². The van der Waals surface area contributed by atoms with Crippen molar-refractivity contribution in [2.75, 3.05) is 5.32 Å². The number of hydrogen-bond donors (Lipinski definition) is 2. The van der Waals surface area contributed by atoms with E-state index >= 15 is 0 Å². The van der Waals surface area contributed by atoms with Crippen LogP contribution in [0, 0.1) is 13.8 Å². The van der Waals surface area contributed by atoms with Crippen molar-refractivity contribution in [3.63, 3.8) is 0 Å². The third-order valence-electron chi connectivity index (χ3n) is 4.39. The third kappa shape index (κ3) is 4.96. The first-order chi connectivity index (χ1) is 13.4. The molecule has 0 radical (unpaired) electrons. The maximum atomic E-state index is 12.5. The molecule has 3 aromatic rings. The van der Waals surface area contributed by atoms with E-state index in [9.17, 15) is 9.59 Å². The zero-order valence-corrected chi connectivity index (χ0v) is 16.4. The average molecular weight is 394 g/mol. The molecule has 5 nitrogen and oxygen atoms in total. The predicted molar refractivity (Wildman–Crippen MR) is 111 cm³/mol. The van der Waals surface area contributed by atoms with Crippen LogP contribution in [0.2, 0.25) is 5.02 Å². The smallest absolute Gasteiger partial charge is 0.274 e. The highest BCUT2D eigenvalue weighted by Gasteiger charge is 2.12.